The zero-order valence-corrected chi connectivity index (χ0v) is 18.6. The summed E-state index contributed by atoms with van der Waals surface area (Å²) in [7, 11) is 0. The van der Waals surface area contributed by atoms with Crippen molar-refractivity contribution in [1.29, 1.82) is 0 Å². The van der Waals surface area contributed by atoms with Crippen LogP contribution in [0.5, 0.6) is 0 Å². The van der Waals surface area contributed by atoms with E-state index in [1.165, 1.54) is 17.7 Å². The monoisotopic (exact) mass is 474 g/mol. The van der Waals surface area contributed by atoms with Crippen LogP contribution in [-0.4, -0.2) is 66.3 Å². The van der Waals surface area contributed by atoms with E-state index in [0.29, 0.717) is 5.56 Å². The van der Waals surface area contributed by atoms with Crippen LogP contribution < -0.4 is 5.32 Å². The summed E-state index contributed by atoms with van der Waals surface area (Å²) in [6.45, 7) is 5.17. The van der Waals surface area contributed by atoms with Crippen molar-refractivity contribution in [2.24, 2.45) is 0 Å². The fourth-order valence-electron chi connectivity index (χ4n) is 3.37. The van der Waals surface area contributed by atoms with Gasteiger partial charge in [0, 0.05) is 36.3 Å². The number of alkyl halides is 3. The van der Waals surface area contributed by atoms with E-state index in [9.17, 15) is 27.9 Å². The number of aliphatic hydroxyl groups excluding tert-OH is 1. The molecule has 3 rings (SSSR count). The Morgan fingerprint density at radius 2 is 1.56 bits per heavy atom. The number of benzene rings is 2. The summed E-state index contributed by atoms with van der Waals surface area (Å²) in [5.41, 5.74) is 2.64. The zero-order valence-electron chi connectivity index (χ0n) is 18.6. The van der Waals surface area contributed by atoms with E-state index >= 15 is 0 Å². The number of halogens is 3. The van der Waals surface area contributed by atoms with Gasteiger partial charge < -0.3 is 15.2 Å². The summed E-state index contributed by atoms with van der Waals surface area (Å²) in [5, 5.41) is 11.4. The van der Waals surface area contributed by atoms with E-state index in [2.05, 4.69) is 16.7 Å². The second kappa shape index (κ2) is 11.3. The molecule has 1 amide bonds. The van der Waals surface area contributed by atoms with Crippen LogP contribution in [0.2, 0.25) is 0 Å². The van der Waals surface area contributed by atoms with Crippen molar-refractivity contribution in [1.82, 2.24) is 10.2 Å². The highest BCUT2D eigenvalue weighted by atomic mass is 19.4. The third kappa shape index (κ3) is 7.15. The number of rotatable bonds is 6. The molecule has 0 aromatic heterocycles. The largest absolute Gasteiger partial charge is 0.452 e. The lowest BCUT2D eigenvalue weighted by molar-refractivity contribution is -0.175. The Balaban J connectivity index is 1.60. The number of nitrogens with one attached hydrogen (secondary N) is 1. The summed E-state index contributed by atoms with van der Waals surface area (Å²) in [5.74, 6) is 2.89. The molecule has 180 valence electrons. The number of hydrogen-bond donors (Lipinski definition) is 2. The zero-order chi connectivity index (χ0) is 24.7. The van der Waals surface area contributed by atoms with Crippen molar-refractivity contribution >= 4 is 11.7 Å². The normalized spacial score (nSPS) is 16.1. The molecule has 0 radical (unpaired) electrons. The molecule has 0 bridgehead atoms. The second-order valence-electron chi connectivity index (χ2n) is 7.97. The average Bonchev–Trinajstić information content (AvgIpc) is 2.82. The molecule has 1 fully saturated rings. The molecule has 0 spiro atoms. The van der Waals surface area contributed by atoms with Gasteiger partial charge in [-0.1, -0.05) is 24.0 Å². The van der Waals surface area contributed by atoms with Crippen LogP contribution in [0.4, 0.5) is 13.2 Å². The molecule has 1 aliphatic heterocycles. The maximum absolute atomic E-state index is 12.7. The van der Waals surface area contributed by atoms with Crippen molar-refractivity contribution in [3.8, 4) is 11.8 Å². The molecule has 1 heterocycles. The van der Waals surface area contributed by atoms with E-state index in [4.69, 9.17) is 4.74 Å². The first-order valence-electron chi connectivity index (χ1n) is 10.7. The van der Waals surface area contributed by atoms with E-state index in [1.54, 1.807) is 12.1 Å². The topological polar surface area (TPSA) is 78.9 Å². The molecule has 34 heavy (non-hydrogen) atoms. The first-order chi connectivity index (χ1) is 16.1. The number of ketones is 1. The molecule has 2 N–H and O–H groups in total. The van der Waals surface area contributed by atoms with Gasteiger partial charge in [0.2, 0.25) is 0 Å². The number of carbonyl (C=O) groups is 2. The van der Waals surface area contributed by atoms with Gasteiger partial charge in [0.05, 0.1) is 19.3 Å². The van der Waals surface area contributed by atoms with Gasteiger partial charge in [-0.05, 0) is 48.9 Å². The van der Waals surface area contributed by atoms with E-state index in [0.717, 1.165) is 45.3 Å². The van der Waals surface area contributed by atoms with Gasteiger partial charge in [-0.15, -0.1) is 0 Å². The third-order valence-electron chi connectivity index (χ3n) is 5.29. The summed E-state index contributed by atoms with van der Waals surface area (Å²) >= 11 is 0. The highest BCUT2D eigenvalue weighted by Crippen LogP contribution is 2.19. The van der Waals surface area contributed by atoms with Crippen molar-refractivity contribution in [2.45, 2.75) is 31.8 Å². The smallest absolute Gasteiger partial charge is 0.391 e. The summed E-state index contributed by atoms with van der Waals surface area (Å²) in [6, 6.07) is 11.7. The molecule has 0 saturated carbocycles. The van der Waals surface area contributed by atoms with Gasteiger partial charge in [0.1, 0.15) is 6.04 Å². The molecule has 0 aliphatic carbocycles. The van der Waals surface area contributed by atoms with Gasteiger partial charge in [-0.25, -0.2) is 0 Å². The Labute approximate surface area is 195 Å². The van der Waals surface area contributed by atoms with Gasteiger partial charge in [-0.3, -0.25) is 14.5 Å². The molecule has 2 aromatic carbocycles. The van der Waals surface area contributed by atoms with E-state index in [-0.39, 0.29) is 5.56 Å². The first-order valence-corrected chi connectivity index (χ1v) is 10.7. The molecule has 2 unspecified atom stereocenters. The molecular formula is C25H25F3N2O4. The Hall–Kier alpha value is -3.19. The SMILES string of the molecule is CC(O)C(NC(=O)c1ccc(C#Cc2ccc(CN3CCOCC3)cc2)cc1)C(=O)C(F)(F)F. The number of aliphatic hydroxyl groups is 1. The van der Waals surface area contributed by atoms with Gasteiger partial charge in [-0.2, -0.15) is 13.2 Å². The summed E-state index contributed by atoms with van der Waals surface area (Å²) in [4.78, 5) is 26.0. The maximum atomic E-state index is 12.7. The Kier molecular flexibility index (Phi) is 8.45. The van der Waals surface area contributed by atoms with Gasteiger partial charge >= 0.3 is 6.18 Å². The predicted molar refractivity (Wildman–Crippen MR) is 119 cm³/mol. The molecule has 9 heteroatoms. The fourth-order valence-corrected chi connectivity index (χ4v) is 3.37. The molecule has 6 nitrogen and oxygen atoms in total. The van der Waals surface area contributed by atoms with Gasteiger partial charge in [0.15, 0.2) is 0 Å². The van der Waals surface area contributed by atoms with E-state index in [1.807, 2.05) is 29.6 Å². The summed E-state index contributed by atoms with van der Waals surface area (Å²) in [6.07, 6.45) is -6.88. The van der Waals surface area contributed by atoms with Crippen LogP contribution in [0.25, 0.3) is 0 Å². The Bertz CT molecular complexity index is 1050. The molecular weight excluding hydrogens is 449 g/mol. The number of nitrogens with zero attached hydrogens (tertiary/aromatic N) is 1. The number of carbonyl (C=O) groups excluding carboxylic acids is 2. The number of ether oxygens (including phenoxy) is 1. The first kappa shape index (κ1) is 25.4. The van der Waals surface area contributed by atoms with Crippen molar-refractivity contribution < 1.29 is 32.6 Å². The number of Topliss-reactive ketones (excluding diaryl/α,β-unsaturated/α-hetero) is 1. The molecule has 1 aliphatic rings. The fraction of sp³-hybridized carbons (Fsp3) is 0.360. The lowest BCUT2D eigenvalue weighted by atomic mass is 10.1. The number of hydrogen-bond acceptors (Lipinski definition) is 5. The standard InChI is InChI=1S/C25H25F3N2O4/c1-17(31)22(23(32)25(26,27)28)29-24(33)21-10-8-19(9-11-21)3-2-18-4-6-20(7-5-18)16-30-12-14-34-15-13-30/h4-11,17,22,31H,12-16H2,1H3,(H,29,33). The van der Waals surface area contributed by atoms with Crippen LogP contribution >= 0.6 is 0 Å². The van der Waals surface area contributed by atoms with Crippen LogP contribution in [0.3, 0.4) is 0 Å². The quantitative estimate of drug-likeness (QED) is 0.630. The third-order valence-corrected chi connectivity index (χ3v) is 5.29. The minimum Gasteiger partial charge on any atom is -0.391 e. The summed E-state index contributed by atoms with van der Waals surface area (Å²) < 4.78 is 43.4. The second-order valence-corrected chi connectivity index (χ2v) is 7.97. The van der Waals surface area contributed by atoms with Crippen LogP contribution in [-0.2, 0) is 16.1 Å². The predicted octanol–water partition coefficient (Wildman–Crippen LogP) is 2.53. The van der Waals surface area contributed by atoms with Crippen LogP contribution in [0.1, 0.15) is 34.0 Å². The number of amides is 1. The molecule has 1 saturated heterocycles. The van der Waals surface area contributed by atoms with E-state index < -0.39 is 30.0 Å². The van der Waals surface area contributed by atoms with Crippen molar-refractivity contribution in [3.63, 3.8) is 0 Å². The average molecular weight is 474 g/mol. The lowest BCUT2D eigenvalue weighted by Crippen LogP contribution is -2.52. The molecule has 2 aromatic rings. The minimum atomic E-state index is -5.17. The minimum absolute atomic E-state index is 0.0404. The van der Waals surface area contributed by atoms with Crippen LogP contribution in [0.15, 0.2) is 48.5 Å². The maximum Gasteiger partial charge on any atom is 0.452 e. The van der Waals surface area contributed by atoms with Crippen LogP contribution in [0, 0.1) is 11.8 Å². The number of morpholine rings is 1. The van der Waals surface area contributed by atoms with Crippen molar-refractivity contribution in [3.05, 3.63) is 70.8 Å². The Morgan fingerprint density at radius 1 is 1.03 bits per heavy atom. The van der Waals surface area contributed by atoms with Crippen molar-refractivity contribution in [2.75, 3.05) is 26.3 Å². The van der Waals surface area contributed by atoms with Gasteiger partial charge in [0.25, 0.3) is 11.7 Å². The highest BCUT2D eigenvalue weighted by molar-refractivity contribution is 5.99. The Morgan fingerprint density at radius 3 is 2.06 bits per heavy atom. The molecule has 2 atom stereocenters. The highest BCUT2D eigenvalue weighted by Gasteiger charge is 2.45. The lowest BCUT2D eigenvalue weighted by Gasteiger charge is -2.26.